The van der Waals surface area contributed by atoms with Crippen LogP contribution in [0.15, 0.2) is 54.6 Å². The summed E-state index contributed by atoms with van der Waals surface area (Å²) in [5, 5.41) is 1.89. The highest BCUT2D eigenvalue weighted by molar-refractivity contribution is 6.12. The average molecular weight is 444 g/mol. The van der Waals surface area contributed by atoms with Gasteiger partial charge in [0, 0.05) is 34.9 Å². The van der Waals surface area contributed by atoms with Gasteiger partial charge in [-0.2, -0.15) is 0 Å². The van der Waals surface area contributed by atoms with E-state index >= 15 is 0 Å². The summed E-state index contributed by atoms with van der Waals surface area (Å²) in [6.07, 6.45) is 0.118. The molecule has 0 radical (unpaired) electrons. The monoisotopic (exact) mass is 443 g/mol. The number of aromatic amines is 1. The molecule has 1 aromatic heterocycles. The first-order chi connectivity index (χ1) is 16.0. The fourth-order valence-corrected chi connectivity index (χ4v) is 4.43. The molecule has 0 atom stereocenters. The number of carbonyl (C=O) groups is 2. The van der Waals surface area contributed by atoms with Gasteiger partial charge in [-0.05, 0) is 59.2 Å². The van der Waals surface area contributed by atoms with Gasteiger partial charge in [0.05, 0.1) is 32.3 Å². The van der Waals surface area contributed by atoms with Crippen LogP contribution in [-0.2, 0) is 16.0 Å². The van der Waals surface area contributed by atoms with Gasteiger partial charge in [0.1, 0.15) is 5.75 Å². The third-order valence-corrected chi connectivity index (χ3v) is 6.12. The summed E-state index contributed by atoms with van der Waals surface area (Å²) in [7, 11) is 1.63. The predicted molar refractivity (Wildman–Crippen MR) is 127 cm³/mol. The van der Waals surface area contributed by atoms with Crippen LogP contribution in [0.1, 0.15) is 15.9 Å². The van der Waals surface area contributed by atoms with E-state index in [0.29, 0.717) is 31.9 Å². The number of primary amides is 1. The van der Waals surface area contributed by atoms with Crippen LogP contribution in [-0.4, -0.2) is 55.1 Å². The van der Waals surface area contributed by atoms with E-state index in [1.54, 1.807) is 7.11 Å². The van der Waals surface area contributed by atoms with Crippen molar-refractivity contribution >= 4 is 33.6 Å². The number of ether oxygens (including phenoxy) is 2. The Bertz CT molecular complexity index is 1350. The van der Waals surface area contributed by atoms with Crippen molar-refractivity contribution in [2.75, 3.05) is 33.4 Å². The summed E-state index contributed by atoms with van der Waals surface area (Å²) in [6, 6.07) is 17.5. The number of nitrogens with two attached hydrogens (primary N) is 1. The van der Waals surface area contributed by atoms with Crippen LogP contribution in [0.25, 0.3) is 32.9 Å². The summed E-state index contributed by atoms with van der Waals surface area (Å²) < 4.78 is 10.6. The molecule has 2 heterocycles. The van der Waals surface area contributed by atoms with Gasteiger partial charge in [-0.1, -0.05) is 12.1 Å². The quantitative estimate of drug-likeness (QED) is 0.493. The molecule has 1 saturated heterocycles. The van der Waals surface area contributed by atoms with E-state index in [0.717, 1.165) is 44.2 Å². The van der Waals surface area contributed by atoms with Crippen molar-refractivity contribution in [3.05, 3.63) is 65.7 Å². The number of hydrogen-bond acceptors (Lipinski definition) is 4. The largest absolute Gasteiger partial charge is 0.497 e. The second kappa shape index (κ2) is 8.60. The summed E-state index contributed by atoms with van der Waals surface area (Å²) >= 11 is 0. The van der Waals surface area contributed by atoms with Crippen molar-refractivity contribution in [1.29, 1.82) is 0 Å². The van der Waals surface area contributed by atoms with Crippen LogP contribution < -0.4 is 10.5 Å². The highest BCUT2D eigenvalue weighted by Crippen LogP contribution is 2.34. The fraction of sp³-hybridized carbons (Fsp3) is 0.231. The number of H-pyrrole nitrogens is 1. The third kappa shape index (κ3) is 4.03. The zero-order valence-electron chi connectivity index (χ0n) is 18.4. The Kier molecular flexibility index (Phi) is 5.48. The molecule has 5 rings (SSSR count). The van der Waals surface area contributed by atoms with E-state index in [1.165, 1.54) is 0 Å². The molecule has 168 valence electrons. The van der Waals surface area contributed by atoms with Crippen molar-refractivity contribution < 1.29 is 19.1 Å². The molecule has 1 fully saturated rings. The molecule has 33 heavy (non-hydrogen) atoms. The number of fused-ring (bicyclic) bond motifs is 3. The smallest absolute Gasteiger partial charge is 0.254 e. The van der Waals surface area contributed by atoms with Gasteiger partial charge in [0.2, 0.25) is 5.91 Å². The van der Waals surface area contributed by atoms with E-state index in [9.17, 15) is 9.59 Å². The van der Waals surface area contributed by atoms with Gasteiger partial charge >= 0.3 is 0 Å². The lowest BCUT2D eigenvalue weighted by atomic mass is 9.97. The van der Waals surface area contributed by atoms with Gasteiger partial charge in [0.15, 0.2) is 0 Å². The normalized spacial score (nSPS) is 14.0. The molecule has 0 aliphatic carbocycles. The number of benzene rings is 3. The summed E-state index contributed by atoms with van der Waals surface area (Å²) in [4.78, 5) is 30.1. The molecule has 3 aromatic carbocycles. The zero-order chi connectivity index (χ0) is 22.9. The first-order valence-corrected chi connectivity index (χ1v) is 10.9. The number of aromatic nitrogens is 1. The lowest BCUT2D eigenvalue weighted by Crippen LogP contribution is -2.40. The molecule has 7 heteroatoms. The van der Waals surface area contributed by atoms with Gasteiger partial charge in [-0.3, -0.25) is 9.59 Å². The summed E-state index contributed by atoms with van der Waals surface area (Å²) in [5.74, 6) is 0.374. The molecule has 3 N–H and O–H groups in total. The van der Waals surface area contributed by atoms with E-state index in [-0.39, 0.29) is 12.3 Å². The zero-order valence-corrected chi connectivity index (χ0v) is 18.4. The van der Waals surface area contributed by atoms with E-state index in [1.807, 2.05) is 53.4 Å². The lowest BCUT2D eigenvalue weighted by molar-refractivity contribution is -0.117. The van der Waals surface area contributed by atoms with Crippen LogP contribution in [0.5, 0.6) is 5.75 Å². The predicted octanol–water partition coefficient (Wildman–Crippen LogP) is 3.50. The average Bonchev–Trinajstić information content (AvgIpc) is 3.22. The Morgan fingerprint density at radius 3 is 2.45 bits per heavy atom. The minimum Gasteiger partial charge on any atom is -0.497 e. The third-order valence-electron chi connectivity index (χ3n) is 6.12. The standard InChI is InChI=1S/C26H25N3O4/c1-32-20-5-2-16(3-6-20)18-12-19(15-24(27)30)25-22(14-18)21-13-17(4-7-23(21)28-25)26(31)29-8-10-33-11-9-29/h2-7,12-14,28H,8-11,15H2,1H3,(H2,27,30). The van der Waals surface area contributed by atoms with E-state index in [2.05, 4.69) is 11.1 Å². The van der Waals surface area contributed by atoms with Crippen molar-refractivity contribution in [3.63, 3.8) is 0 Å². The number of morpholine rings is 1. The van der Waals surface area contributed by atoms with Crippen LogP contribution in [0, 0.1) is 0 Å². The van der Waals surface area contributed by atoms with Crippen molar-refractivity contribution in [3.8, 4) is 16.9 Å². The number of carbonyl (C=O) groups excluding carboxylic acids is 2. The molecule has 4 aromatic rings. The maximum absolute atomic E-state index is 13.0. The molecule has 0 saturated carbocycles. The minimum absolute atomic E-state index is 0.00165. The molecule has 2 amide bonds. The number of methoxy groups -OCH3 is 1. The minimum atomic E-state index is -0.398. The second-order valence-electron chi connectivity index (χ2n) is 8.22. The van der Waals surface area contributed by atoms with Gasteiger partial charge in [-0.15, -0.1) is 0 Å². The fourth-order valence-electron chi connectivity index (χ4n) is 4.43. The van der Waals surface area contributed by atoms with Crippen LogP contribution >= 0.6 is 0 Å². The summed E-state index contributed by atoms with van der Waals surface area (Å²) in [6.45, 7) is 2.30. The first kappa shape index (κ1) is 21.0. The molecule has 1 aliphatic heterocycles. The van der Waals surface area contributed by atoms with Crippen molar-refractivity contribution in [1.82, 2.24) is 9.88 Å². The Hall–Kier alpha value is -3.84. The maximum atomic E-state index is 13.0. The van der Waals surface area contributed by atoms with Crippen molar-refractivity contribution in [2.24, 2.45) is 5.73 Å². The maximum Gasteiger partial charge on any atom is 0.254 e. The SMILES string of the molecule is COc1ccc(-c2cc(CC(N)=O)c3[nH]c4ccc(C(=O)N5CCOCC5)cc4c3c2)cc1. The second-order valence-corrected chi connectivity index (χ2v) is 8.22. The first-order valence-electron chi connectivity index (χ1n) is 10.9. The molecular weight excluding hydrogens is 418 g/mol. The number of nitrogens with one attached hydrogen (secondary N) is 1. The highest BCUT2D eigenvalue weighted by atomic mass is 16.5. The van der Waals surface area contributed by atoms with Crippen LogP contribution in [0.3, 0.4) is 0 Å². The van der Waals surface area contributed by atoms with Gasteiger partial charge in [-0.25, -0.2) is 0 Å². The van der Waals surface area contributed by atoms with Gasteiger partial charge < -0.3 is 25.1 Å². The Morgan fingerprint density at radius 2 is 1.76 bits per heavy atom. The molecular formula is C26H25N3O4. The van der Waals surface area contributed by atoms with Gasteiger partial charge in [0.25, 0.3) is 5.91 Å². The molecule has 7 nitrogen and oxygen atoms in total. The van der Waals surface area contributed by atoms with E-state index in [4.69, 9.17) is 15.2 Å². The number of rotatable bonds is 5. The van der Waals surface area contributed by atoms with Crippen LogP contribution in [0.4, 0.5) is 0 Å². The van der Waals surface area contributed by atoms with Crippen molar-refractivity contribution in [2.45, 2.75) is 6.42 Å². The molecule has 0 bridgehead atoms. The van der Waals surface area contributed by atoms with E-state index < -0.39 is 5.91 Å². The molecule has 1 aliphatic rings. The topological polar surface area (TPSA) is 97.7 Å². The number of hydrogen-bond donors (Lipinski definition) is 2. The number of amides is 2. The Labute approximate surface area is 191 Å². The Morgan fingerprint density at radius 1 is 1.00 bits per heavy atom. The molecule has 0 spiro atoms. The lowest BCUT2D eigenvalue weighted by Gasteiger charge is -2.26. The highest BCUT2D eigenvalue weighted by Gasteiger charge is 2.20. The molecule has 0 unspecified atom stereocenters. The van der Waals surface area contributed by atoms with Crippen LogP contribution in [0.2, 0.25) is 0 Å². The Balaban J connectivity index is 1.65. The number of nitrogens with zero attached hydrogens (tertiary/aromatic N) is 1. The summed E-state index contributed by atoms with van der Waals surface area (Å²) in [5.41, 5.74) is 10.7.